The second kappa shape index (κ2) is 17.5. The van der Waals surface area contributed by atoms with E-state index in [1.165, 1.54) is 19.3 Å². The van der Waals surface area contributed by atoms with E-state index in [1.807, 2.05) is 0 Å². The van der Waals surface area contributed by atoms with Crippen LogP contribution in [-0.4, -0.2) is 76.7 Å². The van der Waals surface area contributed by atoms with E-state index in [1.54, 1.807) is 18.7 Å². The number of Topliss-reactive ketones (excluding diaryl/α,β-unsaturated/α-hetero) is 2. The van der Waals surface area contributed by atoms with Crippen LogP contribution in [0.15, 0.2) is 0 Å². The summed E-state index contributed by atoms with van der Waals surface area (Å²) in [5, 5.41) is 7.03. The van der Waals surface area contributed by atoms with Crippen LogP contribution in [0.2, 0.25) is 0 Å². The number of carbonyl (C=O) groups is 6. The van der Waals surface area contributed by atoms with Crippen LogP contribution in [0.4, 0.5) is 0 Å². The van der Waals surface area contributed by atoms with E-state index in [9.17, 15) is 28.8 Å². The average Bonchev–Trinajstić information content (AvgIpc) is 3.82. The number of unbranched alkanes of at least 4 members (excludes halogenated alkanes) is 4. The van der Waals surface area contributed by atoms with Gasteiger partial charge in [0.25, 0.3) is 5.91 Å². The highest BCUT2D eigenvalue weighted by Gasteiger charge is 2.62. The zero-order valence-corrected chi connectivity index (χ0v) is 33.1. The first-order valence-corrected chi connectivity index (χ1v) is 21.8. The molecule has 6 fully saturated rings. The third-order valence-electron chi connectivity index (χ3n) is 14.3. The number of fused-ring (bicyclic) bond motifs is 6. The molecule has 53 heavy (non-hydrogen) atoms. The molecule has 0 aromatic carbocycles. The summed E-state index contributed by atoms with van der Waals surface area (Å²) in [6.45, 7) is 7.80. The van der Waals surface area contributed by atoms with Crippen molar-refractivity contribution in [2.24, 2.45) is 40.4 Å². The number of rotatable bonds is 18. The first kappa shape index (κ1) is 40.2. The Bertz CT molecular complexity index is 1390. The molecule has 2 saturated heterocycles. The molecule has 0 spiro atoms. The fraction of sp³-hybridized carbons (Fsp3) is 0.854. The molecule has 0 aromatic rings. The Morgan fingerprint density at radius 3 is 2.19 bits per heavy atom. The topological polar surface area (TPSA) is 151 Å². The van der Waals surface area contributed by atoms with Gasteiger partial charge in [-0.25, -0.2) is 4.79 Å². The van der Waals surface area contributed by atoms with Crippen LogP contribution in [0.1, 0.15) is 143 Å². The minimum atomic E-state index is -0.434. The zero-order valence-electron chi connectivity index (χ0n) is 32.3. The van der Waals surface area contributed by atoms with Crippen LogP contribution in [0.25, 0.3) is 0 Å². The highest BCUT2D eigenvalue weighted by atomic mass is 32.2. The van der Waals surface area contributed by atoms with Crippen molar-refractivity contribution >= 4 is 47.0 Å². The highest BCUT2D eigenvalue weighted by molar-refractivity contribution is 8.00. The lowest BCUT2D eigenvalue weighted by molar-refractivity contribution is -0.208. The van der Waals surface area contributed by atoms with Gasteiger partial charge >= 0.3 is 5.97 Å². The molecule has 11 nitrogen and oxygen atoms in total. The van der Waals surface area contributed by atoms with Crippen molar-refractivity contribution in [2.45, 2.75) is 160 Å². The van der Waals surface area contributed by atoms with Gasteiger partial charge in [0.2, 0.25) is 11.8 Å². The lowest BCUT2D eigenvalue weighted by atomic mass is 9.44. The van der Waals surface area contributed by atoms with Gasteiger partial charge in [-0.15, -0.1) is 16.8 Å². The molecule has 3 amide bonds. The Balaban J connectivity index is 0.791. The van der Waals surface area contributed by atoms with Crippen molar-refractivity contribution in [1.82, 2.24) is 15.7 Å². The maximum atomic E-state index is 13.3. The summed E-state index contributed by atoms with van der Waals surface area (Å²) in [6.07, 6.45) is 14.7. The number of ether oxygens (including phenoxy) is 1. The molecular formula is C41H63N3O8S. The number of hydrogen-bond donors (Lipinski definition) is 2. The fourth-order valence-electron chi connectivity index (χ4n) is 11.4. The Kier molecular flexibility index (Phi) is 13.3. The largest absolute Gasteiger partial charge is 0.356 e. The molecule has 0 aromatic heterocycles. The maximum Gasteiger partial charge on any atom is 0.332 e. The molecule has 0 bridgehead atoms. The van der Waals surface area contributed by atoms with Gasteiger partial charge in [0.15, 0.2) is 6.23 Å². The van der Waals surface area contributed by atoms with Crippen LogP contribution < -0.4 is 10.6 Å². The van der Waals surface area contributed by atoms with E-state index in [-0.39, 0.29) is 52.2 Å². The summed E-state index contributed by atoms with van der Waals surface area (Å²) in [6, 6.07) is 0. The number of hydroxylamine groups is 2. The van der Waals surface area contributed by atoms with E-state index in [0.717, 1.165) is 62.9 Å². The van der Waals surface area contributed by atoms with Crippen LogP contribution in [0.5, 0.6) is 0 Å². The van der Waals surface area contributed by atoms with Crippen molar-refractivity contribution < 1.29 is 38.3 Å². The van der Waals surface area contributed by atoms with Crippen LogP contribution in [0.3, 0.4) is 0 Å². The Labute approximate surface area is 319 Å². The summed E-state index contributed by atoms with van der Waals surface area (Å²) in [5.74, 6) is 3.31. The summed E-state index contributed by atoms with van der Waals surface area (Å²) in [7, 11) is 0. The molecule has 12 heteroatoms. The predicted molar refractivity (Wildman–Crippen MR) is 201 cm³/mol. The van der Waals surface area contributed by atoms with E-state index < -0.39 is 12.2 Å². The van der Waals surface area contributed by atoms with E-state index >= 15 is 0 Å². The van der Waals surface area contributed by atoms with Crippen molar-refractivity contribution in [3.05, 3.63) is 0 Å². The number of amides is 3. The van der Waals surface area contributed by atoms with Crippen LogP contribution in [0, 0.1) is 40.4 Å². The van der Waals surface area contributed by atoms with Gasteiger partial charge < -0.3 is 20.2 Å². The van der Waals surface area contributed by atoms with Gasteiger partial charge in [-0.1, -0.05) is 26.7 Å². The first-order valence-electron chi connectivity index (χ1n) is 20.8. The smallest absolute Gasteiger partial charge is 0.332 e. The minimum Gasteiger partial charge on any atom is -0.356 e. The Morgan fingerprint density at radius 2 is 1.45 bits per heavy atom. The molecule has 2 heterocycles. The van der Waals surface area contributed by atoms with Crippen LogP contribution >= 0.6 is 11.8 Å². The van der Waals surface area contributed by atoms with Crippen molar-refractivity contribution in [1.29, 1.82) is 0 Å². The number of nitrogens with zero attached hydrogens (tertiary/aromatic N) is 1. The average molecular weight is 758 g/mol. The van der Waals surface area contributed by atoms with Crippen molar-refractivity contribution in [3.8, 4) is 0 Å². The van der Waals surface area contributed by atoms with Gasteiger partial charge in [0.1, 0.15) is 17.7 Å². The Hall–Kier alpha value is -2.47. The molecule has 6 aliphatic rings. The quantitative estimate of drug-likeness (QED) is 0.126. The lowest BCUT2D eigenvalue weighted by Crippen LogP contribution is -2.57. The van der Waals surface area contributed by atoms with Gasteiger partial charge in [-0.2, -0.15) is 0 Å². The molecule has 2 aliphatic heterocycles. The number of epoxide rings is 1. The SMILES string of the molecule is CC(=O)C1CCC2C3CCC4C(SCCC(=O)NCCCCCC(=O)NCCCCCC(=O)ON5C(=O)CCC6OC65)C(=O)CC[C@]4(C)C3CC[C@]12C. The van der Waals surface area contributed by atoms with Gasteiger partial charge in [0.05, 0.1) is 5.25 Å². The summed E-state index contributed by atoms with van der Waals surface area (Å²) in [4.78, 5) is 79.8. The molecule has 0 radical (unpaired) electrons. The number of piperidine rings is 1. The molecule has 8 unspecified atom stereocenters. The number of thioether (sulfide) groups is 1. The van der Waals surface area contributed by atoms with Gasteiger partial charge in [0, 0.05) is 56.9 Å². The summed E-state index contributed by atoms with van der Waals surface area (Å²) < 4.78 is 5.33. The molecule has 10 atom stereocenters. The third-order valence-corrected chi connectivity index (χ3v) is 15.7. The fourth-order valence-corrected chi connectivity index (χ4v) is 12.9. The zero-order chi connectivity index (χ0) is 37.8. The summed E-state index contributed by atoms with van der Waals surface area (Å²) >= 11 is 1.71. The van der Waals surface area contributed by atoms with Crippen LogP contribution in [-0.2, 0) is 38.3 Å². The number of nitrogens with one attached hydrogen (secondary N) is 2. The standard InChI is InChI=1S/C41H63N3O8S/c1-26(45)28-14-15-29-27-12-13-31-38(32(46)19-22-41(31,3)30(27)18-21-40(28,29)2)53-25-20-35(48)43-24-8-4-6-10-34(47)42-23-9-5-7-11-37(50)52-44-36(49)17-16-33-39(44)51-33/h27-31,33,38-39H,4-25H2,1-3H3,(H,42,47)(H,43,48)/t27?,28?,29?,30?,31?,33?,38?,39?,40-,41-/m1/s1. The van der Waals surface area contributed by atoms with Gasteiger partial charge in [-0.3, -0.25) is 24.0 Å². The van der Waals surface area contributed by atoms with E-state index in [0.29, 0.717) is 92.6 Å². The molecule has 6 rings (SSSR count). The molecule has 4 aliphatic carbocycles. The van der Waals surface area contributed by atoms with E-state index in [2.05, 4.69) is 24.5 Å². The second-order valence-corrected chi connectivity index (χ2v) is 18.7. The molecular weight excluding hydrogens is 695 g/mol. The lowest BCUT2D eigenvalue weighted by Gasteiger charge is -2.61. The molecule has 4 saturated carbocycles. The number of carbonyl (C=O) groups excluding carboxylic acids is 6. The molecule has 2 N–H and O–H groups in total. The predicted octanol–water partition coefficient (Wildman–Crippen LogP) is 6.06. The van der Waals surface area contributed by atoms with Crippen molar-refractivity contribution in [2.75, 3.05) is 18.8 Å². The molecule has 296 valence electrons. The van der Waals surface area contributed by atoms with Crippen molar-refractivity contribution in [3.63, 3.8) is 0 Å². The normalized spacial score (nSPS) is 35.7. The third kappa shape index (κ3) is 9.16. The Morgan fingerprint density at radius 1 is 0.774 bits per heavy atom. The van der Waals surface area contributed by atoms with Gasteiger partial charge in [-0.05, 0) is 118 Å². The number of hydrogen-bond acceptors (Lipinski definition) is 9. The summed E-state index contributed by atoms with van der Waals surface area (Å²) in [5.41, 5.74) is 0.309. The first-order chi connectivity index (χ1) is 25.4. The second-order valence-electron chi connectivity index (χ2n) is 17.5. The highest BCUT2D eigenvalue weighted by Crippen LogP contribution is 2.68. The maximum absolute atomic E-state index is 13.3. The minimum absolute atomic E-state index is 0.0000571. The monoisotopic (exact) mass is 757 g/mol. The van der Waals surface area contributed by atoms with E-state index in [4.69, 9.17) is 9.57 Å². The number of ketones is 2.